The maximum atomic E-state index is 12.1. The summed E-state index contributed by atoms with van der Waals surface area (Å²) in [6.07, 6.45) is -0.898. The second-order valence-corrected chi connectivity index (χ2v) is 5.76. The van der Waals surface area contributed by atoms with Gasteiger partial charge in [-0.2, -0.15) is 0 Å². The molecule has 0 saturated heterocycles. The Morgan fingerprint density at radius 3 is 2.37 bits per heavy atom. The fraction of sp³-hybridized carbons (Fsp3) is 0.250. The molecular weight excluding hydrogens is 350 g/mol. The molecule has 0 radical (unpaired) electrons. The van der Waals surface area contributed by atoms with Gasteiger partial charge in [0.15, 0.2) is 12.7 Å². The summed E-state index contributed by atoms with van der Waals surface area (Å²) in [5, 5.41) is 2.15. The van der Waals surface area contributed by atoms with Crippen LogP contribution in [0.25, 0.3) is 0 Å². The van der Waals surface area contributed by atoms with E-state index < -0.39 is 30.5 Å². The number of nitrogens with one attached hydrogen (secondary N) is 1. The van der Waals surface area contributed by atoms with E-state index >= 15 is 0 Å². The van der Waals surface area contributed by atoms with E-state index in [1.807, 2.05) is 19.1 Å². The molecule has 7 nitrogen and oxygen atoms in total. The van der Waals surface area contributed by atoms with Gasteiger partial charge in [0.2, 0.25) is 0 Å². The van der Waals surface area contributed by atoms with Crippen LogP contribution in [0.15, 0.2) is 48.5 Å². The van der Waals surface area contributed by atoms with Gasteiger partial charge in [-0.3, -0.25) is 14.9 Å². The van der Waals surface area contributed by atoms with Gasteiger partial charge in [-0.1, -0.05) is 29.8 Å². The van der Waals surface area contributed by atoms with Gasteiger partial charge < -0.3 is 14.2 Å². The standard InChI is InChI=1S/C20H21NO6/c1-13-8-10-15(11-9-13)27-14(2)20(24)26-12-18(22)21-19(23)16-6-4-5-7-17(16)25-3/h4-11,14H,12H2,1-3H3,(H,21,22,23). The highest BCUT2D eigenvalue weighted by atomic mass is 16.6. The second kappa shape index (κ2) is 9.38. The molecule has 1 N–H and O–H groups in total. The molecule has 0 bridgehead atoms. The number of carbonyl (C=O) groups is 3. The van der Waals surface area contributed by atoms with Crippen LogP contribution in [0.3, 0.4) is 0 Å². The Balaban J connectivity index is 1.82. The van der Waals surface area contributed by atoms with E-state index in [1.165, 1.54) is 20.1 Å². The van der Waals surface area contributed by atoms with Crippen molar-refractivity contribution in [1.82, 2.24) is 5.32 Å². The van der Waals surface area contributed by atoms with Crippen LogP contribution in [0.2, 0.25) is 0 Å². The molecule has 0 aliphatic carbocycles. The SMILES string of the molecule is COc1ccccc1C(=O)NC(=O)COC(=O)C(C)Oc1ccc(C)cc1. The van der Waals surface area contributed by atoms with Crippen LogP contribution < -0.4 is 14.8 Å². The van der Waals surface area contributed by atoms with E-state index in [0.717, 1.165) is 5.56 Å². The molecule has 2 amide bonds. The van der Waals surface area contributed by atoms with E-state index in [-0.39, 0.29) is 5.56 Å². The van der Waals surface area contributed by atoms with E-state index in [1.54, 1.807) is 30.3 Å². The van der Waals surface area contributed by atoms with Gasteiger partial charge in [0.25, 0.3) is 11.8 Å². The van der Waals surface area contributed by atoms with Crippen LogP contribution in [-0.4, -0.2) is 37.6 Å². The summed E-state index contributed by atoms with van der Waals surface area (Å²) < 4.78 is 15.4. The van der Waals surface area contributed by atoms with E-state index in [9.17, 15) is 14.4 Å². The number of benzene rings is 2. The predicted octanol–water partition coefficient (Wildman–Crippen LogP) is 2.27. The van der Waals surface area contributed by atoms with Gasteiger partial charge in [0.1, 0.15) is 11.5 Å². The Morgan fingerprint density at radius 2 is 1.70 bits per heavy atom. The summed E-state index contributed by atoms with van der Waals surface area (Å²) in [5.74, 6) is -1.25. The fourth-order valence-electron chi connectivity index (χ4n) is 2.19. The Kier molecular flexibility index (Phi) is 6.93. The summed E-state index contributed by atoms with van der Waals surface area (Å²) in [4.78, 5) is 35.9. The van der Waals surface area contributed by atoms with Crippen LogP contribution in [0.5, 0.6) is 11.5 Å². The van der Waals surface area contributed by atoms with Crippen molar-refractivity contribution in [3.8, 4) is 11.5 Å². The third-order valence-electron chi connectivity index (χ3n) is 3.62. The monoisotopic (exact) mass is 371 g/mol. The Morgan fingerprint density at radius 1 is 1.04 bits per heavy atom. The maximum absolute atomic E-state index is 12.1. The number of amides is 2. The lowest BCUT2D eigenvalue weighted by Gasteiger charge is -2.14. The molecule has 0 fully saturated rings. The zero-order valence-corrected chi connectivity index (χ0v) is 15.4. The molecule has 27 heavy (non-hydrogen) atoms. The molecular formula is C20H21NO6. The summed E-state index contributed by atoms with van der Waals surface area (Å²) in [6.45, 7) is 2.85. The zero-order valence-electron chi connectivity index (χ0n) is 15.4. The molecule has 0 spiro atoms. The first-order valence-electron chi connectivity index (χ1n) is 8.28. The average molecular weight is 371 g/mol. The van der Waals surface area contributed by atoms with Crippen molar-refractivity contribution in [2.45, 2.75) is 20.0 Å². The number of para-hydroxylation sites is 1. The first kappa shape index (κ1) is 20.0. The molecule has 7 heteroatoms. The molecule has 0 aromatic heterocycles. The Hall–Kier alpha value is -3.35. The van der Waals surface area contributed by atoms with Gasteiger partial charge in [0, 0.05) is 0 Å². The first-order chi connectivity index (χ1) is 12.9. The lowest BCUT2D eigenvalue weighted by atomic mass is 10.2. The third-order valence-corrected chi connectivity index (χ3v) is 3.62. The number of rotatable bonds is 7. The van der Waals surface area contributed by atoms with Gasteiger partial charge in [0.05, 0.1) is 12.7 Å². The average Bonchev–Trinajstić information content (AvgIpc) is 2.67. The predicted molar refractivity (Wildman–Crippen MR) is 97.7 cm³/mol. The van der Waals surface area contributed by atoms with Crippen molar-refractivity contribution < 1.29 is 28.6 Å². The van der Waals surface area contributed by atoms with Crippen molar-refractivity contribution in [2.75, 3.05) is 13.7 Å². The normalized spacial score (nSPS) is 11.2. The highest BCUT2D eigenvalue weighted by molar-refractivity contribution is 6.06. The number of esters is 1. The molecule has 1 atom stereocenters. The topological polar surface area (TPSA) is 90.9 Å². The minimum Gasteiger partial charge on any atom is -0.496 e. The van der Waals surface area contributed by atoms with E-state index in [2.05, 4.69) is 5.32 Å². The number of aryl methyl sites for hydroxylation is 1. The molecule has 0 aliphatic rings. The van der Waals surface area contributed by atoms with Crippen molar-refractivity contribution in [2.24, 2.45) is 0 Å². The largest absolute Gasteiger partial charge is 0.496 e. The number of hydrogen-bond donors (Lipinski definition) is 1. The van der Waals surface area contributed by atoms with Gasteiger partial charge in [-0.05, 0) is 38.1 Å². The summed E-state index contributed by atoms with van der Waals surface area (Å²) in [7, 11) is 1.42. The van der Waals surface area contributed by atoms with Crippen molar-refractivity contribution in [1.29, 1.82) is 0 Å². The molecule has 2 rings (SSSR count). The molecule has 2 aromatic carbocycles. The number of hydrogen-bond acceptors (Lipinski definition) is 6. The molecule has 0 heterocycles. The number of ether oxygens (including phenoxy) is 3. The lowest BCUT2D eigenvalue weighted by Crippen LogP contribution is -2.36. The van der Waals surface area contributed by atoms with Crippen LogP contribution in [0.4, 0.5) is 0 Å². The fourth-order valence-corrected chi connectivity index (χ4v) is 2.19. The van der Waals surface area contributed by atoms with Gasteiger partial charge in [-0.15, -0.1) is 0 Å². The molecule has 142 valence electrons. The third kappa shape index (κ3) is 5.85. The van der Waals surface area contributed by atoms with Gasteiger partial charge in [-0.25, -0.2) is 4.79 Å². The van der Waals surface area contributed by atoms with Gasteiger partial charge >= 0.3 is 5.97 Å². The van der Waals surface area contributed by atoms with Crippen LogP contribution >= 0.6 is 0 Å². The first-order valence-corrected chi connectivity index (χ1v) is 8.28. The summed E-state index contributed by atoms with van der Waals surface area (Å²) >= 11 is 0. The minimum atomic E-state index is -0.898. The van der Waals surface area contributed by atoms with Crippen molar-refractivity contribution in [3.63, 3.8) is 0 Å². The Labute approximate surface area is 157 Å². The minimum absolute atomic E-state index is 0.204. The number of methoxy groups -OCH3 is 1. The van der Waals surface area contributed by atoms with Crippen molar-refractivity contribution >= 4 is 17.8 Å². The maximum Gasteiger partial charge on any atom is 0.347 e. The molecule has 1 unspecified atom stereocenters. The zero-order chi connectivity index (χ0) is 19.8. The van der Waals surface area contributed by atoms with E-state index in [4.69, 9.17) is 14.2 Å². The highest BCUT2D eigenvalue weighted by Gasteiger charge is 2.19. The number of carbonyl (C=O) groups excluding carboxylic acids is 3. The van der Waals surface area contributed by atoms with E-state index in [0.29, 0.717) is 11.5 Å². The quantitative estimate of drug-likeness (QED) is 0.751. The molecule has 2 aromatic rings. The van der Waals surface area contributed by atoms with Crippen molar-refractivity contribution in [3.05, 3.63) is 59.7 Å². The number of imide groups is 1. The lowest BCUT2D eigenvalue weighted by molar-refractivity contribution is -0.154. The van der Waals surface area contributed by atoms with Crippen LogP contribution in [0, 0.1) is 6.92 Å². The highest BCUT2D eigenvalue weighted by Crippen LogP contribution is 2.17. The van der Waals surface area contributed by atoms with Crippen LogP contribution in [-0.2, 0) is 14.3 Å². The summed E-state index contributed by atoms with van der Waals surface area (Å²) in [6, 6.07) is 13.6. The smallest absolute Gasteiger partial charge is 0.347 e. The molecule has 0 saturated carbocycles. The Bertz CT molecular complexity index is 815. The summed E-state index contributed by atoms with van der Waals surface area (Å²) in [5.41, 5.74) is 1.27. The molecule has 0 aliphatic heterocycles. The van der Waals surface area contributed by atoms with Crippen LogP contribution in [0.1, 0.15) is 22.8 Å². The second-order valence-electron chi connectivity index (χ2n) is 5.76.